The van der Waals surface area contributed by atoms with E-state index in [9.17, 15) is 4.39 Å². The van der Waals surface area contributed by atoms with Gasteiger partial charge in [-0.1, -0.05) is 12.1 Å². The third kappa shape index (κ3) is 2.59. The van der Waals surface area contributed by atoms with Crippen molar-refractivity contribution in [3.63, 3.8) is 0 Å². The average Bonchev–Trinajstić information content (AvgIpc) is 2.38. The quantitative estimate of drug-likeness (QED) is 0.610. The molecule has 1 atom stereocenters. The molecule has 3 N–H and O–H groups in total. The third-order valence-corrected chi connectivity index (χ3v) is 4.13. The fraction of sp³-hybridized carbons (Fsp3) is 0.571. The first-order valence-corrected chi connectivity index (χ1v) is 6.49. The van der Waals surface area contributed by atoms with Gasteiger partial charge in [0.15, 0.2) is 11.6 Å². The number of hydrogen-bond donors (Lipinski definition) is 2. The molecule has 0 aliphatic heterocycles. The molecule has 0 aromatic heterocycles. The number of halogens is 1. The van der Waals surface area contributed by atoms with Crippen LogP contribution in [0.25, 0.3) is 0 Å². The van der Waals surface area contributed by atoms with Crippen molar-refractivity contribution in [2.24, 2.45) is 5.84 Å². The molecule has 0 heterocycles. The molecule has 19 heavy (non-hydrogen) atoms. The lowest BCUT2D eigenvalue weighted by Crippen LogP contribution is -2.59. The van der Waals surface area contributed by atoms with Crippen LogP contribution in [0.5, 0.6) is 5.75 Å². The standard InChI is InChI=1S/C14H21FN2O2/c1-18-11-6-3-5-10(13(11)15)9-12(17-16)14(19-2)7-4-8-14/h3,5-6,12,17H,4,7-9,16H2,1-2H3. The Balaban J connectivity index is 2.19. The molecule has 0 saturated heterocycles. The summed E-state index contributed by atoms with van der Waals surface area (Å²) in [6.07, 6.45) is 3.49. The van der Waals surface area contributed by atoms with E-state index in [1.54, 1.807) is 25.3 Å². The zero-order chi connectivity index (χ0) is 13.9. The molecule has 0 spiro atoms. The van der Waals surface area contributed by atoms with Crippen molar-refractivity contribution < 1.29 is 13.9 Å². The van der Waals surface area contributed by atoms with E-state index >= 15 is 0 Å². The molecule has 4 nitrogen and oxygen atoms in total. The monoisotopic (exact) mass is 268 g/mol. The van der Waals surface area contributed by atoms with Crippen LogP contribution in [0.2, 0.25) is 0 Å². The summed E-state index contributed by atoms with van der Waals surface area (Å²) in [6.45, 7) is 0. The summed E-state index contributed by atoms with van der Waals surface area (Å²) in [5.41, 5.74) is 3.09. The number of rotatable bonds is 6. The van der Waals surface area contributed by atoms with Crippen LogP contribution >= 0.6 is 0 Å². The van der Waals surface area contributed by atoms with E-state index in [1.807, 2.05) is 0 Å². The van der Waals surface area contributed by atoms with Crippen molar-refractivity contribution in [2.75, 3.05) is 14.2 Å². The predicted octanol–water partition coefficient (Wildman–Crippen LogP) is 1.78. The Morgan fingerprint density at radius 3 is 2.63 bits per heavy atom. The molecular formula is C14H21FN2O2. The molecule has 1 aromatic carbocycles. The van der Waals surface area contributed by atoms with Crippen LogP contribution in [0.15, 0.2) is 18.2 Å². The third-order valence-electron chi connectivity index (χ3n) is 4.13. The lowest BCUT2D eigenvalue weighted by atomic mass is 9.73. The number of hydrazine groups is 1. The second kappa shape index (κ2) is 5.86. The molecule has 1 aliphatic rings. The number of methoxy groups -OCH3 is 2. The molecule has 1 aliphatic carbocycles. The largest absolute Gasteiger partial charge is 0.494 e. The van der Waals surface area contributed by atoms with Gasteiger partial charge in [0, 0.05) is 7.11 Å². The van der Waals surface area contributed by atoms with Gasteiger partial charge in [-0.25, -0.2) is 4.39 Å². The summed E-state index contributed by atoms with van der Waals surface area (Å²) >= 11 is 0. The molecule has 1 fully saturated rings. The van der Waals surface area contributed by atoms with Gasteiger partial charge in [-0.3, -0.25) is 11.3 Å². The number of benzene rings is 1. The maximum absolute atomic E-state index is 14.1. The Morgan fingerprint density at radius 2 is 2.16 bits per heavy atom. The van der Waals surface area contributed by atoms with Gasteiger partial charge in [0.2, 0.25) is 0 Å². The minimum absolute atomic E-state index is 0.104. The van der Waals surface area contributed by atoms with Crippen molar-refractivity contribution >= 4 is 0 Å². The van der Waals surface area contributed by atoms with E-state index in [1.165, 1.54) is 7.11 Å². The summed E-state index contributed by atoms with van der Waals surface area (Å²) < 4.78 is 24.7. The molecule has 106 valence electrons. The minimum atomic E-state index is -0.323. The molecule has 1 unspecified atom stereocenters. The molecule has 0 bridgehead atoms. The average molecular weight is 268 g/mol. The van der Waals surface area contributed by atoms with Crippen molar-refractivity contribution in [2.45, 2.75) is 37.3 Å². The first kappa shape index (κ1) is 14.2. The molecule has 2 rings (SSSR count). The molecule has 1 aromatic rings. The second-order valence-electron chi connectivity index (χ2n) is 4.98. The van der Waals surface area contributed by atoms with Gasteiger partial charge in [0.25, 0.3) is 0 Å². The lowest BCUT2D eigenvalue weighted by Gasteiger charge is -2.46. The van der Waals surface area contributed by atoms with Crippen LogP contribution in [-0.2, 0) is 11.2 Å². The summed E-state index contributed by atoms with van der Waals surface area (Å²) in [6, 6.07) is 5.04. The van der Waals surface area contributed by atoms with Crippen LogP contribution < -0.4 is 16.0 Å². The zero-order valence-electron chi connectivity index (χ0n) is 11.4. The van der Waals surface area contributed by atoms with Crippen molar-refractivity contribution in [3.8, 4) is 5.75 Å². The van der Waals surface area contributed by atoms with E-state index in [4.69, 9.17) is 15.3 Å². The van der Waals surface area contributed by atoms with Crippen LogP contribution in [0.4, 0.5) is 4.39 Å². The van der Waals surface area contributed by atoms with Gasteiger partial charge in [0.05, 0.1) is 18.8 Å². The van der Waals surface area contributed by atoms with E-state index in [-0.39, 0.29) is 23.2 Å². The predicted molar refractivity (Wildman–Crippen MR) is 71.4 cm³/mol. The van der Waals surface area contributed by atoms with E-state index in [0.29, 0.717) is 12.0 Å². The second-order valence-corrected chi connectivity index (χ2v) is 4.98. The van der Waals surface area contributed by atoms with Gasteiger partial charge in [-0.15, -0.1) is 0 Å². The number of hydrogen-bond acceptors (Lipinski definition) is 4. The van der Waals surface area contributed by atoms with Gasteiger partial charge in [-0.2, -0.15) is 0 Å². The summed E-state index contributed by atoms with van der Waals surface area (Å²) in [5, 5.41) is 0. The molecule has 0 radical (unpaired) electrons. The highest BCUT2D eigenvalue weighted by atomic mass is 19.1. The maximum Gasteiger partial charge on any atom is 0.168 e. The fourth-order valence-electron chi connectivity index (χ4n) is 2.71. The highest BCUT2D eigenvalue weighted by Gasteiger charge is 2.44. The van der Waals surface area contributed by atoms with Crippen LogP contribution in [0.1, 0.15) is 24.8 Å². The van der Waals surface area contributed by atoms with Gasteiger partial charge < -0.3 is 9.47 Å². The van der Waals surface area contributed by atoms with Gasteiger partial charge in [0.1, 0.15) is 0 Å². The first-order chi connectivity index (χ1) is 9.16. The fourth-order valence-corrected chi connectivity index (χ4v) is 2.71. The summed E-state index contributed by atoms with van der Waals surface area (Å²) in [4.78, 5) is 0. The number of ether oxygens (including phenoxy) is 2. The highest BCUT2D eigenvalue weighted by molar-refractivity contribution is 5.32. The minimum Gasteiger partial charge on any atom is -0.494 e. The van der Waals surface area contributed by atoms with Gasteiger partial charge >= 0.3 is 0 Å². The number of nitrogens with two attached hydrogens (primary N) is 1. The first-order valence-electron chi connectivity index (χ1n) is 6.49. The summed E-state index contributed by atoms with van der Waals surface area (Å²) in [5.74, 6) is 5.56. The summed E-state index contributed by atoms with van der Waals surface area (Å²) in [7, 11) is 3.15. The Labute approximate surface area is 113 Å². The van der Waals surface area contributed by atoms with E-state index in [0.717, 1.165) is 19.3 Å². The van der Waals surface area contributed by atoms with E-state index < -0.39 is 0 Å². The van der Waals surface area contributed by atoms with Crippen molar-refractivity contribution in [1.82, 2.24) is 5.43 Å². The Hall–Kier alpha value is -1.17. The van der Waals surface area contributed by atoms with E-state index in [2.05, 4.69) is 5.43 Å². The Kier molecular flexibility index (Phi) is 4.39. The van der Waals surface area contributed by atoms with Crippen LogP contribution in [0.3, 0.4) is 0 Å². The van der Waals surface area contributed by atoms with Crippen LogP contribution in [0, 0.1) is 5.82 Å². The lowest BCUT2D eigenvalue weighted by molar-refractivity contribution is -0.0983. The highest BCUT2D eigenvalue weighted by Crippen LogP contribution is 2.39. The Bertz CT molecular complexity index is 430. The Morgan fingerprint density at radius 1 is 1.42 bits per heavy atom. The number of nitrogens with one attached hydrogen (secondary N) is 1. The van der Waals surface area contributed by atoms with Gasteiger partial charge in [-0.05, 0) is 37.3 Å². The normalized spacial score (nSPS) is 18.7. The zero-order valence-corrected chi connectivity index (χ0v) is 11.4. The molecular weight excluding hydrogens is 247 g/mol. The van der Waals surface area contributed by atoms with Crippen molar-refractivity contribution in [3.05, 3.63) is 29.6 Å². The van der Waals surface area contributed by atoms with Crippen LogP contribution in [-0.4, -0.2) is 25.9 Å². The molecule has 5 heteroatoms. The van der Waals surface area contributed by atoms with Crippen molar-refractivity contribution in [1.29, 1.82) is 0 Å². The SMILES string of the molecule is COc1cccc(CC(NN)C2(OC)CCC2)c1F. The topological polar surface area (TPSA) is 56.5 Å². The molecule has 1 saturated carbocycles. The molecule has 0 amide bonds. The smallest absolute Gasteiger partial charge is 0.168 e. The maximum atomic E-state index is 14.1.